The van der Waals surface area contributed by atoms with Gasteiger partial charge in [-0.15, -0.1) is 11.3 Å². The van der Waals surface area contributed by atoms with Crippen molar-refractivity contribution in [3.05, 3.63) is 20.8 Å². The van der Waals surface area contributed by atoms with Crippen molar-refractivity contribution in [3.63, 3.8) is 0 Å². The van der Waals surface area contributed by atoms with Crippen LogP contribution in [0, 0.1) is 11.3 Å². The zero-order valence-corrected chi connectivity index (χ0v) is 10.7. The molecule has 1 heterocycles. The standard InChI is InChI=1S/C10H13BrN2S/c1-8(5-6-12)13(2)7-9-3-4-10(11)14-9/h3-4,8H,5,7H2,1-2H3. The van der Waals surface area contributed by atoms with Crippen molar-refractivity contribution in [2.45, 2.75) is 25.9 Å². The number of hydrogen-bond acceptors (Lipinski definition) is 3. The van der Waals surface area contributed by atoms with Gasteiger partial charge in [-0.25, -0.2) is 0 Å². The number of rotatable bonds is 4. The van der Waals surface area contributed by atoms with Gasteiger partial charge in [0.2, 0.25) is 0 Å². The van der Waals surface area contributed by atoms with E-state index in [4.69, 9.17) is 5.26 Å². The van der Waals surface area contributed by atoms with Crippen LogP contribution in [0.5, 0.6) is 0 Å². The SMILES string of the molecule is CC(CC#N)N(C)Cc1ccc(Br)s1. The lowest BCUT2D eigenvalue weighted by Gasteiger charge is -2.21. The Morgan fingerprint density at radius 3 is 2.86 bits per heavy atom. The van der Waals surface area contributed by atoms with E-state index in [9.17, 15) is 0 Å². The van der Waals surface area contributed by atoms with E-state index in [1.165, 1.54) is 4.88 Å². The second kappa shape index (κ2) is 5.50. The van der Waals surface area contributed by atoms with E-state index in [-0.39, 0.29) is 0 Å². The lowest BCUT2D eigenvalue weighted by atomic mass is 10.2. The molecular formula is C10H13BrN2S. The summed E-state index contributed by atoms with van der Waals surface area (Å²) in [6.45, 7) is 2.99. The van der Waals surface area contributed by atoms with Gasteiger partial charge in [0, 0.05) is 17.5 Å². The molecule has 0 spiro atoms. The summed E-state index contributed by atoms with van der Waals surface area (Å²) in [7, 11) is 2.05. The summed E-state index contributed by atoms with van der Waals surface area (Å²) in [6.07, 6.45) is 0.586. The van der Waals surface area contributed by atoms with Crippen molar-refractivity contribution in [3.8, 4) is 6.07 Å². The molecule has 0 N–H and O–H groups in total. The average molecular weight is 273 g/mol. The third-order valence-corrected chi connectivity index (χ3v) is 3.78. The van der Waals surface area contributed by atoms with Crippen LogP contribution in [0.3, 0.4) is 0 Å². The van der Waals surface area contributed by atoms with E-state index in [0.29, 0.717) is 12.5 Å². The smallest absolute Gasteiger partial charge is 0.0701 e. The first-order valence-electron chi connectivity index (χ1n) is 4.45. The first-order valence-corrected chi connectivity index (χ1v) is 6.06. The van der Waals surface area contributed by atoms with Gasteiger partial charge in [-0.3, -0.25) is 4.90 Å². The molecule has 1 aromatic heterocycles. The van der Waals surface area contributed by atoms with Gasteiger partial charge in [0.25, 0.3) is 0 Å². The normalized spacial score (nSPS) is 12.8. The fourth-order valence-electron chi connectivity index (χ4n) is 1.13. The minimum absolute atomic E-state index is 0.320. The highest BCUT2D eigenvalue weighted by molar-refractivity contribution is 9.11. The molecule has 0 bridgehead atoms. The van der Waals surface area contributed by atoms with Gasteiger partial charge in [-0.1, -0.05) is 0 Å². The molecule has 0 saturated carbocycles. The summed E-state index contributed by atoms with van der Waals surface area (Å²) in [6, 6.07) is 6.69. The quantitative estimate of drug-likeness (QED) is 0.842. The maximum absolute atomic E-state index is 8.57. The van der Waals surface area contributed by atoms with Crippen molar-refractivity contribution < 1.29 is 0 Å². The lowest BCUT2D eigenvalue weighted by molar-refractivity contribution is 0.254. The molecule has 14 heavy (non-hydrogen) atoms. The van der Waals surface area contributed by atoms with Crippen LogP contribution in [-0.2, 0) is 6.54 Å². The lowest BCUT2D eigenvalue weighted by Crippen LogP contribution is -2.27. The molecule has 0 saturated heterocycles. The fraction of sp³-hybridized carbons (Fsp3) is 0.500. The molecule has 0 radical (unpaired) electrons. The van der Waals surface area contributed by atoms with Crippen LogP contribution in [0.15, 0.2) is 15.9 Å². The second-order valence-electron chi connectivity index (χ2n) is 3.33. The van der Waals surface area contributed by atoms with Gasteiger partial charge in [0.15, 0.2) is 0 Å². The number of nitrogens with zero attached hydrogens (tertiary/aromatic N) is 2. The highest BCUT2D eigenvalue weighted by atomic mass is 79.9. The molecule has 2 nitrogen and oxygen atoms in total. The topological polar surface area (TPSA) is 27.0 Å². The van der Waals surface area contributed by atoms with Gasteiger partial charge in [-0.2, -0.15) is 5.26 Å². The van der Waals surface area contributed by atoms with Crippen molar-refractivity contribution in [2.24, 2.45) is 0 Å². The van der Waals surface area contributed by atoms with Crippen molar-refractivity contribution in [1.82, 2.24) is 4.90 Å². The first-order chi connectivity index (χ1) is 6.63. The van der Waals surface area contributed by atoms with Crippen LogP contribution in [0.4, 0.5) is 0 Å². The molecule has 1 atom stereocenters. The average Bonchev–Trinajstić information content (AvgIpc) is 2.51. The van der Waals surface area contributed by atoms with Crippen molar-refractivity contribution >= 4 is 27.3 Å². The van der Waals surface area contributed by atoms with E-state index in [1.54, 1.807) is 11.3 Å². The molecule has 76 valence electrons. The van der Waals surface area contributed by atoms with E-state index in [1.807, 2.05) is 0 Å². The van der Waals surface area contributed by atoms with Gasteiger partial charge in [0.05, 0.1) is 16.3 Å². The molecular weight excluding hydrogens is 260 g/mol. The Labute approximate surface area is 97.3 Å². The third-order valence-electron chi connectivity index (χ3n) is 2.17. The summed E-state index contributed by atoms with van der Waals surface area (Å²) >= 11 is 5.18. The molecule has 0 aliphatic rings. The Morgan fingerprint density at radius 1 is 1.64 bits per heavy atom. The van der Waals surface area contributed by atoms with Gasteiger partial charge in [-0.05, 0) is 42.0 Å². The van der Waals surface area contributed by atoms with E-state index in [2.05, 4.69) is 53.0 Å². The molecule has 0 fully saturated rings. The minimum Gasteiger partial charge on any atom is -0.298 e. The number of hydrogen-bond donors (Lipinski definition) is 0. The van der Waals surface area contributed by atoms with E-state index < -0.39 is 0 Å². The Kier molecular flexibility index (Phi) is 4.59. The second-order valence-corrected chi connectivity index (χ2v) is 5.88. The largest absolute Gasteiger partial charge is 0.298 e. The number of thiophene rings is 1. The van der Waals surface area contributed by atoms with Gasteiger partial charge >= 0.3 is 0 Å². The summed E-state index contributed by atoms with van der Waals surface area (Å²) < 4.78 is 1.16. The van der Waals surface area contributed by atoms with E-state index in [0.717, 1.165) is 10.3 Å². The summed E-state index contributed by atoms with van der Waals surface area (Å²) in [5.41, 5.74) is 0. The van der Waals surface area contributed by atoms with Crippen LogP contribution in [-0.4, -0.2) is 18.0 Å². The molecule has 0 aromatic carbocycles. The molecule has 0 aliphatic heterocycles. The zero-order valence-electron chi connectivity index (χ0n) is 8.33. The van der Waals surface area contributed by atoms with Gasteiger partial charge < -0.3 is 0 Å². The predicted octanol–water partition coefficient (Wildman–Crippen LogP) is 3.24. The molecule has 1 rings (SSSR count). The van der Waals surface area contributed by atoms with Gasteiger partial charge in [0.1, 0.15) is 0 Å². The van der Waals surface area contributed by atoms with Crippen LogP contribution in [0.2, 0.25) is 0 Å². The first kappa shape index (κ1) is 11.7. The maximum Gasteiger partial charge on any atom is 0.0701 e. The Morgan fingerprint density at radius 2 is 2.36 bits per heavy atom. The molecule has 1 aromatic rings. The Hall–Kier alpha value is -0.370. The monoisotopic (exact) mass is 272 g/mol. The summed E-state index contributed by atoms with van der Waals surface area (Å²) in [5, 5.41) is 8.57. The van der Waals surface area contributed by atoms with Crippen LogP contribution in [0.25, 0.3) is 0 Å². The highest BCUT2D eigenvalue weighted by Gasteiger charge is 2.09. The third kappa shape index (κ3) is 3.41. The maximum atomic E-state index is 8.57. The van der Waals surface area contributed by atoms with Crippen molar-refractivity contribution in [1.29, 1.82) is 5.26 Å². The molecule has 1 unspecified atom stereocenters. The van der Waals surface area contributed by atoms with E-state index >= 15 is 0 Å². The predicted molar refractivity (Wildman–Crippen MR) is 63.2 cm³/mol. The highest BCUT2D eigenvalue weighted by Crippen LogP contribution is 2.23. The Bertz CT molecular complexity index is 329. The van der Waals surface area contributed by atoms with Crippen molar-refractivity contribution in [2.75, 3.05) is 7.05 Å². The van der Waals surface area contributed by atoms with Crippen LogP contribution >= 0.6 is 27.3 Å². The summed E-state index contributed by atoms with van der Waals surface area (Å²) in [4.78, 5) is 3.52. The fourth-order valence-corrected chi connectivity index (χ4v) is 2.67. The molecule has 4 heteroatoms. The number of nitriles is 1. The summed E-state index contributed by atoms with van der Waals surface area (Å²) in [5.74, 6) is 0. The minimum atomic E-state index is 0.320. The Balaban J connectivity index is 2.49. The van der Waals surface area contributed by atoms with Crippen LogP contribution in [0.1, 0.15) is 18.2 Å². The number of halogens is 1. The van der Waals surface area contributed by atoms with Crippen LogP contribution < -0.4 is 0 Å². The zero-order chi connectivity index (χ0) is 10.6. The molecule has 0 aliphatic carbocycles. The molecule has 0 amide bonds.